The molecular weight excluding hydrogens is 480 g/mol. The first-order valence-corrected chi connectivity index (χ1v) is 12.7. The van der Waals surface area contributed by atoms with Crippen LogP contribution in [0, 0.1) is 0 Å². The number of thioether (sulfide) groups is 1. The molecule has 2 aromatic rings. The van der Waals surface area contributed by atoms with E-state index in [0.717, 1.165) is 16.8 Å². The summed E-state index contributed by atoms with van der Waals surface area (Å²) in [6, 6.07) is 12.9. The number of carbonyl (C=O) groups excluding carboxylic acids is 2. The molecule has 1 aliphatic rings. The number of amides is 2. The van der Waals surface area contributed by atoms with Crippen molar-refractivity contribution in [1.29, 1.82) is 0 Å². The fourth-order valence-electron chi connectivity index (χ4n) is 3.61. The Morgan fingerprint density at radius 2 is 1.86 bits per heavy atom. The third kappa shape index (κ3) is 7.89. The van der Waals surface area contributed by atoms with E-state index >= 15 is 0 Å². The number of benzene rings is 2. The molecule has 194 valence electrons. The molecule has 1 aliphatic heterocycles. The Bertz CT molecular complexity index is 1090. The van der Waals surface area contributed by atoms with Gasteiger partial charge in [0.15, 0.2) is 11.5 Å². The molecule has 0 spiro atoms. The van der Waals surface area contributed by atoms with Gasteiger partial charge in [-0.25, -0.2) is 9.80 Å². The van der Waals surface area contributed by atoms with E-state index in [9.17, 15) is 9.59 Å². The van der Waals surface area contributed by atoms with Crippen LogP contribution < -0.4 is 14.8 Å². The zero-order chi connectivity index (χ0) is 26.2. The smallest absolute Gasteiger partial charge is 0.411 e. The topological polar surface area (TPSA) is 92.7 Å². The SMILES string of the molecule is COc1ccc(C2=NN(Cc3ccc(NC(=O)OC(C)CN(C)C)cc3)C(=O)SC2)cc1OC(C)C. The molecule has 2 aromatic carbocycles. The van der Waals surface area contributed by atoms with E-state index in [-0.39, 0.29) is 17.4 Å². The third-order valence-corrected chi connectivity index (χ3v) is 5.98. The van der Waals surface area contributed by atoms with Gasteiger partial charge >= 0.3 is 11.3 Å². The van der Waals surface area contributed by atoms with Crippen molar-refractivity contribution in [2.45, 2.75) is 39.5 Å². The summed E-state index contributed by atoms with van der Waals surface area (Å²) in [5, 5.41) is 8.68. The summed E-state index contributed by atoms with van der Waals surface area (Å²) in [6.45, 7) is 6.70. The molecular formula is C26H34N4O5S. The van der Waals surface area contributed by atoms with Crippen molar-refractivity contribution in [3.8, 4) is 11.5 Å². The standard InChI is InChI=1S/C26H34N4O5S/c1-17(2)34-24-13-20(9-12-23(24)33-6)22-16-36-26(32)30(28-22)15-19-7-10-21(11-8-19)27-25(31)35-18(3)14-29(4)5/h7-13,17-18H,14-16H2,1-6H3,(H,27,31). The highest BCUT2D eigenvalue weighted by atomic mass is 32.2. The lowest BCUT2D eigenvalue weighted by molar-refractivity contribution is 0.103. The van der Waals surface area contributed by atoms with E-state index in [2.05, 4.69) is 10.4 Å². The largest absolute Gasteiger partial charge is 0.493 e. The molecule has 0 aliphatic carbocycles. The van der Waals surface area contributed by atoms with Gasteiger partial charge in [0.25, 0.3) is 0 Å². The Labute approximate surface area is 216 Å². The number of hydrogen-bond donors (Lipinski definition) is 1. The number of anilines is 1. The quantitative estimate of drug-likeness (QED) is 0.474. The zero-order valence-electron chi connectivity index (χ0n) is 21.6. The van der Waals surface area contributed by atoms with E-state index < -0.39 is 6.09 Å². The van der Waals surface area contributed by atoms with Gasteiger partial charge in [0.05, 0.1) is 25.5 Å². The Morgan fingerprint density at radius 1 is 1.14 bits per heavy atom. The van der Waals surface area contributed by atoms with Crippen molar-refractivity contribution in [2.24, 2.45) is 5.10 Å². The normalized spacial score (nSPS) is 14.5. The van der Waals surface area contributed by atoms with Crippen LogP contribution in [0.4, 0.5) is 15.3 Å². The summed E-state index contributed by atoms with van der Waals surface area (Å²) in [5.74, 6) is 1.76. The van der Waals surface area contributed by atoms with Crippen LogP contribution in [0.3, 0.4) is 0 Å². The maximum atomic E-state index is 12.5. The van der Waals surface area contributed by atoms with Crippen LogP contribution in [-0.4, -0.2) is 72.7 Å². The molecule has 1 atom stereocenters. The van der Waals surface area contributed by atoms with Crippen LogP contribution in [0.2, 0.25) is 0 Å². The van der Waals surface area contributed by atoms with Gasteiger partial charge in [0, 0.05) is 23.5 Å². The first-order chi connectivity index (χ1) is 17.1. The molecule has 9 nitrogen and oxygen atoms in total. The van der Waals surface area contributed by atoms with E-state index in [1.54, 1.807) is 19.2 Å². The van der Waals surface area contributed by atoms with Crippen LogP contribution in [0.25, 0.3) is 0 Å². The number of hydrazone groups is 1. The number of nitrogens with zero attached hydrogens (tertiary/aromatic N) is 3. The third-order valence-electron chi connectivity index (χ3n) is 5.11. The number of nitrogens with one attached hydrogen (secondary N) is 1. The minimum absolute atomic E-state index is 0.00402. The molecule has 0 fully saturated rings. The number of methoxy groups -OCH3 is 1. The summed E-state index contributed by atoms with van der Waals surface area (Å²) in [6.07, 6.45) is -0.738. The molecule has 0 saturated heterocycles. The highest BCUT2D eigenvalue weighted by Gasteiger charge is 2.23. The molecule has 0 radical (unpaired) electrons. The number of rotatable bonds is 10. The lowest BCUT2D eigenvalue weighted by Gasteiger charge is -2.24. The minimum Gasteiger partial charge on any atom is -0.493 e. The number of carbonyl (C=O) groups is 2. The maximum Gasteiger partial charge on any atom is 0.411 e. The first kappa shape index (κ1) is 27.3. The zero-order valence-corrected chi connectivity index (χ0v) is 22.4. The van der Waals surface area contributed by atoms with Crippen molar-refractivity contribution in [3.63, 3.8) is 0 Å². The Balaban J connectivity index is 1.67. The second-order valence-electron chi connectivity index (χ2n) is 8.99. The van der Waals surface area contributed by atoms with Crippen LogP contribution in [0.5, 0.6) is 11.5 Å². The van der Waals surface area contributed by atoms with Crippen LogP contribution in [-0.2, 0) is 11.3 Å². The lowest BCUT2D eigenvalue weighted by Crippen LogP contribution is -2.30. The Hall–Kier alpha value is -3.24. The summed E-state index contributed by atoms with van der Waals surface area (Å²) in [7, 11) is 5.45. The van der Waals surface area contributed by atoms with Gasteiger partial charge in [-0.3, -0.25) is 10.1 Å². The number of likely N-dealkylation sites (N-methyl/N-ethyl adjacent to an activating group) is 1. The molecule has 1 unspecified atom stereocenters. The molecule has 10 heteroatoms. The van der Waals surface area contributed by atoms with Gasteiger partial charge in [-0.05, 0) is 70.8 Å². The van der Waals surface area contributed by atoms with E-state index in [1.165, 1.54) is 16.8 Å². The predicted molar refractivity (Wildman–Crippen MR) is 143 cm³/mol. The fourth-order valence-corrected chi connectivity index (χ4v) is 4.35. The summed E-state index contributed by atoms with van der Waals surface area (Å²) in [5.41, 5.74) is 3.15. The molecule has 0 aromatic heterocycles. The maximum absolute atomic E-state index is 12.5. The summed E-state index contributed by atoms with van der Waals surface area (Å²) >= 11 is 1.21. The molecule has 0 saturated carbocycles. The monoisotopic (exact) mass is 514 g/mol. The van der Waals surface area contributed by atoms with Crippen molar-refractivity contribution in [3.05, 3.63) is 53.6 Å². The Morgan fingerprint density at radius 3 is 2.50 bits per heavy atom. The molecule has 36 heavy (non-hydrogen) atoms. The average molecular weight is 515 g/mol. The number of hydrogen-bond acceptors (Lipinski definition) is 8. The lowest BCUT2D eigenvalue weighted by atomic mass is 10.1. The van der Waals surface area contributed by atoms with Gasteiger partial charge in [0.2, 0.25) is 0 Å². The van der Waals surface area contributed by atoms with Crippen molar-refractivity contribution in [2.75, 3.05) is 38.8 Å². The van der Waals surface area contributed by atoms with Gasteiger partial charge in [0.1, 0.15) is 6.10 Å². The van der Waals surface area contributed by atoms with E-state index in [0.29, 0.717) is 36.0 Å². The van der Waals surface area contributed by atoms with Crippen molar-refractivity contribution >= 4 is 34.5 Å². The fraction of sp³-hybridized carbons (Fsp3) is 0.423. The van der Waals surface area contributed by atoms with Crippen LogP contribution in [0.15, 0.2) is 47.6 Å². The van der Waals surface area contributed by atoms with Gasteiger partial charge in [-0.2, -0.15) is 5.10 Å². The summed E-state index contributed by atoms with van der Waals surface area (Å²) < 4.78 is 16.6. The van der Waals surface area contributed by atoms with Crippen LogP contribution >= 0.6 is 11.8 Å². The average Bonchev–Trinajstić information content (AvgIpc) is 2.80. The predicted octanol–water partition coefficient (Wildman–Crippen LogP) is 5.05. The molecule has 2 amide bonds. The molecule has 1 heterocycles. The Kier molecular flexibility index (Phi) is 9.60. The second-order valence-corrected chi connectivity index (χ2v) is 9.92. The van der Waals surface area contributed by atoms with Gasteiger partial charge < -0.3 is 19.1 Å². The van der Waals surface area contributed by atoms with E-state index in [4.69, 9.17) is 14.2 Å². The van der Waals surface area contributed by atoms with Crippen LogP contribution in [0.1, 0.15) is 31.9 Å². The highest BCUT2D eigenvalue weighted by Crippen LogP contribution is 2.31. The molecule has 1 N–H and O–H groups in total. The van der Waals surface area contributed by atoms with Crippen molar-refractivity contribution < 1.29 is 23.8 Å². The molecule has 0 bridgehead atoms. The number of ether oxygens (including phenoxy) is 3. The first-order valence-electron chi connectivity index (χ1n) is 11.7. The second kappa shape index (κ2) is 12.6. The highest BCUT2D eigenvalue weighted by molar-refractivity contribution is 8.14. The minimum atomic E-state index is -0.505. The molecule has 3 rings (SSSR count). The van der Waals surface area contributed by atoms with Crippen molar-refractivity contribution in [1.82, 2.24) is 9.91 Å². The van der Waals surface area contributed by atoms with Gasteiger partial charge in [-0.1, -0.05) is 23.9 Å². The van der Waals surface area contributed by atoms with E-state index in [1.807, 2.05) is 70.1 Å². The summed E-state index contributed by atoms with van der Waals surface area (Å²) in [4.78, 5) is 26.6. The van der Waals surface area contributed by atoms with Gasteiger partial charge in [-0.15, -0.1) is 0 Å².